The van der Waals surface area contributed by atoms with Gasteiger partial charge in [-0.3, -0.25) is 0 Å². The molecule has 6 nitrogen and oxygen atoms in total. The zero-order chi connectivity index (χ0) is 14.2. The first kappa shape index (κ1) is 14.5. The normalized spacial score (nSPS) is 10.7. The lowest BCUT2D eigenvalue weighted by molar-refractivity contribution is 0.285. The first-order chi connectivity index (χ1) is 9.83. The molecule has 0 saturated heterocycles. The molecule has 108 valence electrons. The summed E-state index contributed by atoms with van der Waals surface area (Å²) >= 11 is 0. The monoisotopic (exact) mass is 275 g/mol. The summed E-state index contributed by atoms with van der Waals surface area (Å²) in [6.45, 7) is 4.20. The maximum absolute atomic E-state index is 5.77. The van der Waals surface area contributed by atoms with E-state index in [1.54, 1.807) is 4.68 Å². The third kappa shape index (κ3) is 4.03. The molecule has 1 N–H and O–H groups in total. The van der Waals surface area contributed by atoms with Gasteiger partial charge in [0, 0.05) is 13.1 Å². The minimum atomic E-state index is 0.389. The SMILES string of the molecule is CCCCn1nnnc1COc1cccc(CNC)c1. The van der Waals surface area contributed by atoms with Crippen molar-refractivity contribution >= 4 is 0 Å². The highest BCUT2D eigenvalue weighted by Gasteiger charge is 2.06. The molecular formula is C14H21N5O. The molecule has 0 bridgehead atoms. The minimum absolute atomic E-state index is 0.389. The highest BCUT2D eigenvalue weighted by atomic mass is 16.5. The summed E-state index contributed by atoms with van der Waals surface area (Å²) in [7, 11) is 1.93. The molecule has 0 aliphatic carbocycles. The topological polar surface area (TPSA) is 64.9 Å². The Morgan fingerprint density at radius 1 is 1.35 bits per heavy atom. The Bertz CT molecular complexity index is 526. The first-order valence-corrected chi connectivity index (χ1v) is 6.95. The smallest absolute Gasteiger partial charge is 0.189 e. The second-order valence-electron chi connectivity index (χ2n) is 4.64. The summed E-state index contributed by atoms with van der Waals surface area (Å²) in [4.78, 5) is 0. The van der Waals surface area contributed by atoms with Crippen molar-refractivity contribution in [2.75, 3.05) is 7.05 Å². The molecule has 2 aromatic rings. The van der Waals surface area contributed by atoms with Crippen molar-refractivity contribution in [3.63, 3.8) is 0 Å². The predicted octanol–water partition coefficient (Wildman–Crippen LogP) is 1.77. The standard InChI is InChI=1S/C14H21N5O/c1-3-4-8-19-14(16-17-18-19)11-20-13-7-5-6-12(9-13)10-15-2/h5-7,9,15H,3-4,8,10-11H2,1-2H3. The molecule has 1 aromatic heterocycles. The van der Waals surface area contributed by atoms with Gasteiger partial charge in [-0.2, -0.15) is 0 Å². The Morgan fingerprint density at radius 3 is 3.05 bits per heavy atom. The van der Waals surface area contributed by atoms with E-state index in [0.717, 1.165) is 37.5 Å². The van der Waals surface area contributed by atoms with Crippen LogP contribution in [0.5, 0.6) is 5.75 Å². The summed E-state index contributed by atoms with van der Waals surface area (Å²) in [6, 6.07) is 8.02. The van der Waals surface area contributed by atoms with E-state index in [1.165, 1.54) is 5.56 Å². The van der Waals surface area contributed by atoms with Crippen molar-refractivity contribution in [1.29, 1.82) is 0 Å². The Hall–Kier alpha value is -1.95. The molecule has 0 unspecified atom stereocenters. The maximum Gasteiger partial charge on any atom is 0.189 e. The van der Waals surface area contributed by atoms with Crippen molar-refractivity contribution in [2.24, 2.45) is 0 Å². The van der Waals surface area contributed by atoms with Crippen LogP contribution in [0.4, 0.5) is 0 Å². The van der Waals surface area contributed by atoms with Crippen LogP contribution in [0, 0.1) is 0 Å². The van der Waals surface area contributed by atoms with Crippen LogP contribution in [-0.2, 0) is 19.7 Å². The van der Waals surface area contributed by atoms with Gasteiger partial charge >= 0.3 is 0 Å². The number of ether oxygens (including phenoxy) is 1. The fraction of sp³-hybridized carbons (Fsp3) is 0.500. The van der Waals surface area contributed by atoms with Crippen LogP contribution in [0.25, 0.3) is 0 Å². The lowest BCUT2D eigenvalue weighted by Crippen LogP contribution is -2.09. The zero-order valence-corrected chi connectivity index (χ0v) is 12.0. The molecule has 0 radical (unpaired) electrons. The number of nitrogens with zero attached hydrogens (tertiary/aromatic N) is 4. The van der Waals surface area contributed by atoms with Crippen LogP contribution in [0.15, 0.2) is 24.3 Å². The molecule has 6 heteroatoms. The highest BCUT2D eigenvalue weighted by Crippen LogP contribution is 2.14. The largest absolute Gasteiger partial charge is 0.486 e. The van der Waals surface area contributed by atoms with E-state index in [0.29, 0.717) is 6.61 Å². The third-order valence-corrected chi connectivity index (χ3v) is 2.98. The molecule has 1 aromatic carbocycles. The second-order valence-corrected chi connectivity index (χ2v) is 4.64. The van der Waals surface area contributed by atoms with Gasteiger partial charge in [-0.15, -0.1) is 5.10 Å². The van der Waals surface area contributed by atoms with Crippen molar-refractivity contribution in [1.82, 2.24) is 25.5 Å². The first-order valence-electron chi connectivity index (χ1n) is 6.95. The molecule has 0 amide bonds. The molecule has 0 saturated carbocycles. The van der Waals surface area contributed by atoms with E-state index in [-0.39, 0.29) is 0 Å². The van der Waals surface area contributed by atoms with Gasteiger partial charge in [-0.25, -0.2) is 4.68 Å². The number of aromatic nitrogens is 4. The number of hydrogen-bond donors (Lipinski definition) is 1. The van der Waals surface area contributed by atoms with Crippen LogP contribution in [0.2, 0.25) is 0 Å². The van der Waals surface area contributed by atoms with E-state index < -0.39 is 0 Å². The molecule has 0 fully saturated rings. The lowest BCUT2D eigenvalue weighted by atomic mass is 10.2. The van der Waals surface area contributed by atoms with E-state index in [2.05, 4.69) is 33.8 Å². The summed E-state index contributed by atoms with van der Waals surface area (Å²) in [5, 5.41) is 14.8. The number of nitrogens with one attached hydrogen (secondary N) is 1. The third-order valence-electron chi connectivity index (χ3n) is 2.98. The zero-order valence-electron chi connectivity index (χ0n) is 12.0. The van der Waals surface area contributed by atoms with E-state index in [1.807, 2.05) is 25.2 Å². The van der Waals surface area contributed by atoms with Gasteiger partial charge in [-0.1, -0.05) is 25.5 Å². The molecule has 0 atom stereocenters. The Balaban J connectivity index is 1.94. The molecule has 0 aliphatic rings. The summed E-state index contributed by atoms with van der Waals surface area (Å²) < 4.78 is 7.57. The van der Waals surface area contributed by atoms with Crippen molar-refractivity contribution in [3.05, 3.63) is 35.7 Å². The number of rotatable bonds is 8. The average molecular weight is 275 g/mol. The molecule has 0 aliphatic heterocycles. The van der Waals surface area contributed by atoms with Crippen molar-refractivity contribution in [2.45, 2.75) is 39.5 Å². The molecule has 2 rings (SSSR count). The Morgan fingerprint density at radius 2 is 2.25 bits per heavy atom. The van der Waals surface area contributed by atoms with Crippen LogP contribution in [0.1, 0.15) is 31.2 Å². The van der Waals surface area contributed by atoms with E-state index in [9.17, 15) is 0 Å². The molecule has 20 heavy (non-hydrogen) atoms. The van der Waals surface area contributed by atoms with Gasteiger partial charge in [0.05, 0.1) is 0 Å². The number of benzene rings is 1. The average Bonchev–Trinajstić information content (AvgIpc) is 2.91. The summed E-state index contributed by atoms with van der Waals surface area (Å²) in [5.74, 6) is 1.60. The summed E-state index contributed by atoms with van der Waals surface area (Å²) in [6.07, 6.45) is 2.18. The van der Waals surface area contributed by atoms with Crippen LogP contribution >= 0.6 is 0 Å². The van der Waals surface area contributed by atoms with Crippen molar-refractivity contribution < 1.29 is 4.74 Å². The van der Waals surface area contributed by atoms with Gasteiger partial charge < -0.3 is 10.1 Å². The van der Waals surface area contributed by atoms with Gasteiger partial charge in [-0.05, 0) is 41.6 Å². The van der Waals surface area contributed by atoms with Crippen LogP contribution in [0.3, 0.4) is 0 Å². The number of unbranched alkanes of at least 4 members (excludes halogenated alkanes) is 1. The Kier molecular flexibility index (Phi) is 5.49. The van der Waals surface area contributed by atoms with Crippen molar-refractivity contribution in [3.8, 4) is 5.75 Å². The van der Waals surface area contributed by atoms with E-state index >= 15 is 0 Å². The fourth-order valence-electron chi connectivity index (χ4n) is 1.91. The highest BCUT2D eigenvalue weighted by molar-refractivity contribution is 5.28. The number of hydrogen-bond acceptors (Lipinski definition) is 5. The molecular weight excluding hydrogens is 254 g/mol. The molecule has 0 spiro atoms. The van der Waals surface area contributed by atoms with Crippen LogP contribution in [-0.4, -0.2) is 27.3 Å². The van der Waals surface area contributed by atoms with Gasteiger partial charge in [0.15, 0.2) is 5.82 Å². The fourth-order valence-corrected chi connectivity index (χ4v) is 1.91. The number of tetrazole rings is 1. The lowest BCUT2D eigenvalue weighted by Gasteiger charge is -2.08. The number of aryl methyl sites for hydroxylation is 1. The van der Waals surface area contributed by atoms with E-state index in [4.69, 9.17) is 4.74 Å². The van der Waals surface area contributed by atoms with Gasteiger partial charge in [0.2, 0.25) is 0 Å². The Labute approximate surface area is 119 Å². The second kappa shape index (κ2) is 7.59. The summed E-state index contributed by atoms with van der Waals surface area (Å²) in [5.41, 5.74) is 1.19. The predicted molar refractivity (Wildman–Crippen MR) is 76.3 cm³/mol. The molecule has 1 heterocycles. The quantitative estimate of drug-likeness (QED) is 0.795. The maximum atomic E-state index is 5.77. The minimum Gasteiger partial charge on any atom is -0.486 e. The van der Waals surface area contributed by atoms with Crippen LogP contribution < -0.4 is 10.1 Å². The van der Waals surface area contributed by atoms with Gasteiger partial charge in [0.1, 0.15) is 12.4 Å². The van der Waals surface area contributed by atoms with Gasteiger partial charge in [0.25, 0.3) is 0 Å².